The molecule has 1 aromatic heterocycles. The molecule has 1 aliphatic rings. The van der Waals surface area contributed by atoms with E-state index in [0.717, 1.165) is 30.6 Å². The Morgan fingerprint density at radius 3 is 2.29 bits per heavy atom. The fourth-order valence-electron chi connectivity index (χ4n) is 4.06. The second-order valence-corrected chi connectivity index (χ2v) is 7.50. The summed E-state index contributed by atoms with van der Waals surface area (Å²) in [7, 11) is 0. The maximum Gasteiger partial charge on any atom is 0.0924 e. The molecule has 138 valence electrons. The van der Waals surface area contributed by atoms with Gasteiger partial charge in [-0.15, -0.1) is 0 Å². The molecular formula is C25H23N3. The summed E-state index contributed by atoms with van der Waals surface area (Å²) < 4.78 is 0. The molecule has 28 heavy (non-hydrogen) atoms. The van der Waals surface area contributed by atoms with Crippen molar-refractivity contribution in [2.24, 2.45) is 0 Å². The summed E-state index contributed by atoms with van der Waals surface area (Å²) in [6.07, 6.45) is 5.84. The second kappa shape index (κ2) is 7.45. The first-order valence-corrected chi connectivity index (χ1v) is 9.83. The van der Waals surface area contributed by atoms with Gasteiger partial charge in [0, 0.05) is 18.2 Å². The van der Waals surface area contributed by atoms with Gasteiger partial charge in [0.05, 0.1) is 18.2 Å². The highest BCUT2D eigenvalue weighted by Gasteiger charge is 2.19. The van der Waals surface area contributed by atoms with Crippen molar-refractivity contribution < 1.29 is 0 Å². The molecule has 0 radical (unpaired) electrons. The number of aromatic nitrogens is 2. The first kappa shape index (κ1) is 17.0. The highest BCUT2D eigenvalue weighted by atomic mass is 14.9. The van der Waals surface area contributed by atoms with E-state index in [2.05, 4.69) is 88.1 Å². The van der Waals surface area contributed by atoms with Gasteiger partial charge >= 0.3 is 0 Å². The molecule has 1 aliphatic carbocycles. The van der Waals surface area contributed by atoms with Crippen LogP contribution in [0, 0.1) is 0 Å². The Morgan fingerprint density at radius 1 is 0.821 bits per heavy atom. The van der Waals surface area contributed by atoms with Crippen LogP contribution in [0.15, 0.2) is 85.3 Å². The van der Waals surface area contributed by atoms with Gasteiger partial charge in [-0.1, -0.05) is 66.7 Å². The Labute approximate surface area is 165 Å². The van der Waals surface area contributed by atoms with Crippen molar-refractivity contribution in [1.29, 1.82) is 0 Å². The Bertz CT molecular complexity index is 1040. The standard InChI is InChI=1S/C25H23N3/c1-2-5-22-14-24(13-21(22)4-1)27-15-18-8-10-19(11-9-18)20-6-3-7-23(12-20)25-16-26-17-28-25/h1-12,16-17,24,27H,13-15H2,(H,26,28). The first-order valence-electron chi connectivity index (χ1n) is 9.83. The maximum absolute atomic E-state index is 4.12. The average Bonchev–Trinajstić information content (AvgIpc) is 3.42. The lowest BCUT2D eigenvalue weighted by Gasteiger charge is -2.12. The lowest BCUT2D eigenvalue weighted by Crippen LogP contribution is -2.28. The maximum atomic E-state index is 4.12. The number of H-pyrrole nitrogens is 1. The monoisotopic (exact) mass is 365 g/mol. The molecule has 3 aromatic carbocycles. The van der Waals surface area contributed by atoms with Gasteiger partial charge in [-0.05, 0) is 46.7 Å². The van der Waals surface area contributed by atoms with Gasteiger partial charge in [0.2, 0.25) is 0 Å². The Kier molecular flexibility index (Phi) is 4.51. The fraction of sp³-hybridized carbons (Fsp3) is 0.160. The van der Waals surface area contributed by atoms with Gasteiger partial charge < -0.3 is 10.3 Å². The molecule has 0 saturated carbocycles. The summed E-state index contributed by atoms with van der Waals surface area (Å²) in [6, 6.07) is 26.8. The van der Waals surface area contributed by atoms with Crippen molar-refractivity contribution in [2.45, 2.75) is 25.4 Å². The number of nitrogens with zero attached hydrogens (tertiary/aromatic N) is 1. The van der Waals surface area contributed by atoms with E-state index < -0.39 is 0 Å². The van der Waals surface area contributed by atoms with Crippen LogP contribution < -0.4 is 5.32 Å². The van der Waals surface area contributed by atoms with Crippen LogP contribution in [0.5, 0.6) is 0 Å². The molecule has 2 N–H and O–H groups in total. The summed E-state index contributed by atoms with van der Waals surface area (Å²) in [4.78, 5) is 7.29. The molecule has 0 amide bonds. The molecular weight excluding hydrogens is 342 g/mol. The Hall–Kier alpha value is -3.17. The van der Waals surface area contributed by atoms with Gasteiger partial charge in [-0.25, -0.2) is 4.98 Å². The van der Waals surface area contributed by atoms with E-state index in [1.165, 1.54) is 27.8 Å². The fourth-order valence-corrected chi connectivity index (χ4v) is 4.06. The zero-order chi connectivity index (χ0) is 18.8. The lowest BCUT2D eigenvalue weighted by atomic mass is 10.0. The van der Waals surface area contributed by atoms with E-state index in [1.54, 1.807) is 6.33 Å². The predicted molar refractivity (Wildman–Crippen MR) is 114 cm³/mol. The summed E-state index contributed by atoms with van der Waals surface area (Å²) >= 11 is 0. The highest BCUT2D eigenvalue weighted by molar-refractivity contribution is 5.71. The van der Waals surface area contributed by atoms with E-state index in [1.807, 2.05) is 6.20 Å². The van der Waals surface area contributed by atoms with Gasteiger partial charge in [0.15, 0.2) is 0 Å². The largest absolute Gasteiger partial charge is 0.345 e. The van der Waals surface area contributed by atoms with E-state index >= 15 is 0 Å². The van der Waals surface area contributed by atoms with Crippen LogP contribution in [0.3, 0.4) is 0 Å². The summed E-state index contributed by atoms with van der Waals surface area (Å²) in [5.41, 5.74) is 8.96. The minimum Gasteiger partial charge on any atom is -0.345 e. The third-order valence-corrected chi connectivity index (χ3v) is 5.60. The van der Waals surface area contributed by atoms with Gasteiger partial charge in [-0.3, -0.25) is 0 Å². The van der Waals surface area contributed by atoms with Crippen molar-refractivity contribution in [2.75, 3.05) is 0 Å². The molecule has 0 saturated heterocycles. The van der Waals surface area contributed by atoms with E-state index in [9.17, 15) is 0 Å². The zero-order valence-corrected chi connectivity index (χ0v) is 15.7. The lowest BCUT2D eigenvalue weighted by molar-refractivity contribution is 0.533. The smallest absolute Gasteiger partial charge is 0.0924 e. The van der Waals surface area contributed by atoms with Crippen LogP contribution in [-0.4, -0.2) is 16.0 Å². The topological polar surface area (TPSA) is 40.7 Å². The minimum absolute atomic E-state index is 0.545. The summed E-state index contributed by atoms with van der Waals surface area (Å²) in [5, 5.41) is 3.72. The van der Waals surface area contributed by atoms with Crippen molar-refractivity contribution in [3.05, 3.63) is 102 Å². The number of rotatable bonds is 5. The number of hydrogen-bond acceptors (Lipinski definition) is 2. The third kappa shape index (κ3) is 3.49. The minimum atomic E-state index is 0.545. The number of nitrogens with one attached hydrogen (secondary N) is 2. The normalized spacial score (nSPS) is 13.6. The molecule has 0 atom stereocenters. The Morgan fingerprint density at radius 2 is 1.57 bits per heavy atom. The van der Waals surface area contributed by atoms with Crippen LogP contribution in [0.4, 0.5) is 0 Å². The molecule has 0 unspecified atom stereocenters. The number of hydrogen-bond donors (Lipinski definition) is 2. The summed E-state index contributed by atoms with van der Waals surface area (Å²) in [5.74, 6) is 0. The molecule has 0 bridgehead atoms. The van der Waals surface area contributed by atoms with Crippen molar-refractivity contribution in [1.82, 2.24) is 15.3 Å². The van der Waals surface area contributed by atoms with Crippen LogP contribution in [0.1, 0.15) is 16.7 Å². The first-order chi connectivity index (χ1) is 13.8. The third-order valence-electron chi connectivity index (χ3n) is 5.60. The van der Waals surface area contributed by atoms with Crippen LogP contribution in [-0.2, 0) is 19.4 Å². The van der Waals surface area contributed by atoms with Crippen molar-refractivity contribution in [3.63, 3.8) is 0 Å². The number of aromatic amines is 1. The molecule has 0 fully saturated rings. The summed E-state index contributed by atoms with van der Waals surface area (Å²) in [6.45, 7) is 0.910. The molecule has 1 heterocycles. The molecule has 0 spiro atoms. The molecule has 5 rings (SSSR count). The van der Waals surface area contributed by atoms with Gasteiger partial charge in [-0.2, -0.15) is 0 Å². The van der Waals surface area contributed by atoms with Gasteiger partial charge in [0.25, 0.3) is 0 Å². The average molecular weight is 365 g/mol. The molecule has 3 nitrogen and oxygen atoms in total. The van der Waals surface area contributed by atoms with E-state index in [0.29, 0.717) is 6.04 Å². The van der Waals surface area contributed by atoms with Crippen molar-refractivity contribution in [3.8, 4) is 22.4 Å². The zero-order valence-electron chi connectivity index (χ0n) is 15.7. The van der Waals surface area contributed by atoms with Crippen LogP contribution >= 0.6 is 0 Å². The van der Waals surface area contributed by atoms with Crippen LogP contribution in [0.2, 0.25) is 0 Å². The number of fused-ring (bicyclic) bond motifs is 1. The highest BCUT2D eigenvalue weighted by Crippen LogP contribution is 2.26. The SMILES string of the molecule is c1cc(-c2ccc(CNC3Cc4ccccc4C3)cc2)cc(-c2cnc[nH]2)c1. The van der Waals surface area contributed by atoms with Crippen molar-refractivity contribution >= 4 is 0 Å². The second-order valence-electron chi connectivity index (χ2n) is 7.50. The van der Waals surface area contributed by atoms with E-state index in [4.69, 9.17) is 0 Å². The number of imidazole rings is 1. The quantitative estimate of drug-likeness (QED) is 0.522. The predicted octanol–water partition coefficient (Wildman–Crippen LogP) is 5.00. The Balaban J connectivity index is 1.25. The number of benzene rings is 3. The molecule has 4 aromatic rings. The van der Waals surface area contributed by atoms with Gasteiger partial charge in [0.1, 0.15) is 0 Å². The van der Waals surface area contributed by atoms with Crippen LogP contribution in [0.25, 0.3) is 22.4 Å². The molecule has 3 heteroatoms. The molecule has 0 aliphatic heterocycles. The van der Waals surface area contributed by atoms with E-state index in [-0.39, 0.29) is 0 Å².